The molecular weight excluding hydrogens is 420 g/mol. The first-order valence-corrected chi connectivity index (χ1v) is 17.7. The SMILES string of the molecule is C[Si](C)C1=C(CCO[Si](C)(C)C)c2ccccc2C1c1cccc2c1Cc1ccccc1-2. The van der Waals surface area contributed by atoms with Crippen molar-refractivity contribution >= 4 is 22.7 Å². The molecule has 5 rings (SSSR count). The summed E-state index contributed by atoms with van der Waals surface area (Å²) in [6, 6.07) is 25.1. The maximum atomic E-state index is 6.31. The maximum absolute atomic E-state index is 6.31. The van der Waals surface area contributed by atoms with Crippen LogP contribution in [0.1, 0.15) is 40.2 Å². The van der Waals surface area contributed by atoms with Gasteiger partial charge in [-0.2, -0.15) is 0 Å². The Balaban J connectivity index is 1.63. The van der Waals surface area contributed by atoms with Gasteiger partial charge in [0, 0.05) is 12.5 Å². The molecule has 0 heterocycles. The molecule has 3 aromatic carbocycles. The number of rotatable bonds is 6. The van der Waals surface area contributed by atoms with Gasteiger partial charge in [0.2, 0.25) is 0 Å². The molecule has 2 aliphatic rings. The zero-order valence-corrected chi connectivity index (χ0v) is 22.0. The number of fused-ring (bicyclic) bond motifs is 4. The van der Waals surface area contributed by atoms with Crippen LogP contribution in [0, 0.1) is 0 Å². The van der Waals surface area contributed by atoms with Crippen LogP contribution < -0.4 is 0 Å². The van der Waals surface area contributed by atoms with Gasteiger partial charge in [-0.25, -0.2) is 0 Å². The molecule has 3 aromatic rings. The first-order chi connectivity index (χ1) is 15.3. The summed E-state index contributed by atoms with van der Waals surface area (Å²) in [6.45, 7) is 12.6. The van der Waals surface area contributed by atoms with Crippen molar-refractivity contribution in [3.05, 3.63) is 99.7 Å². The normalized spacial score (nSPS) is 17.0. The van der Waals surface area contributed by atoms with Gasteiger partial charge in [-0.1, -0.05) is 85.0 Å². The number of hydrogen-bond acceptors (Lipinski definition) is 1. The molecule has 0 aromatic heterocycles. The zero-order valence-electron chi connectivity index (χ0n) is 20.0. The molecular formula is C29H33OSi2. The Kier molecular flexibility index (Phi) is 5.60. The number of hydrogen-bond donors (Lipinski definition) is 0. The minimum absolute atomic E-state index is 0.390. The highest BCUT2D eigenvalue weighted by atomic mass is 28.4. The quantitative estimate of drug-likeness (QED) is 0.272. The summed E-state index contributed by atoms with van der Waals surface area (Å²) < 4.78 is 6.31. The molecule has 163 valence electrons. The van der Waals surface area contributed by atoms with E-state index in [1.54, 1.807) is 10.8 Å². The Morgan fingerprint density at radius 2 is 1.47 bits per heavy atom. The van der Waals surface area contributed by atoms with Crippen molar-refractivity contribution in [2.75, 3.05) is 6.61 Å². The van der Waals surface area contributed by atoms with Crippen molar-refractivity contribution in [1.82, 2.24) is 0 Å². The predicted molar refractivity (Wildman–Crippen MR) is 141 cm³/mol. The predicted octanol–water partition coefficient (Wildman–Crippen LogP) is 7.69. The average Bonchev–Trinajstić information content (AvgIpc) is 3.29. The molecule has 0 saturated heterocycles. The molecule has 0 N–H and O–H groups in total. The van der Waals surface area contributed by atoms with E-state index in [1.165, 1.54) is 38.9 Å². The van der Waals surface area contributed by atoms with Crippen molar-refractivity contribution in [2.24, 2.45) is 0 Å². The molecule has 2 aliphatic carbocycles. The third kappa shape index (κ3) is 3.77. The van der Waals surface area contributed by atoms with E-state index in [0.29, 0.717) is 5.92 Å². The third-order valence-electron chi connectivity index (χ3n) is 6.83. The van der Waals surface area contributed by atoms with Gasteiger partial charge in [-0.05, 0) is 77.0 Å². The second-order valence-electron chi connectivity index (χ2n) is 10.3. The monoisotopic (exact) mass is 453 g/mol. The fraction of sp³-hybridized carbons (Fsp3) is 0.310. The van der Waals surface area contributed by atoms with Crippen LogP contribution in [-0.4, -0.2) is 23.7 Å². The van der Waals surface area contributed by atoms with Crippen molar-refractivity contribution in [2.45, 2.75) is 51.5 Å². The lowest BCUT2D eigenvalue weighted by Crippen LogP contribution is -2.26. The Morgan fingerprint density at radius 1 is 0.812 bits per heavy atom. The fourth-order valence-corrected chi connectivity index (χ4v) is 8.06. The minimum atomic E-state index is -1.52. The lowest BCUT2D eigenvalue weighted by atomic mass is 9.87. The Bertz CT molecular complexity index is 1200. The second-order valence-corrected chi connectivity index (χ2v) is 17.4. The molecule has 0 bridgehead atoms. The van der Waals surface area contributed by atoms with Crippen LogP contribution in [0.3, 0.4) is 0 Å². The van der Waals surface area contributed by atoms with Crippen LogP contribution >= 0.6 is 0 Å². The summed E-state index contributed by atoms with van der Waals surface area (Å²) in [4.78, 5) is 0. The Morgan fingerprint density at radius 3 is 2.22 bits per heavy atom. The molecule has 1 unspecified atom stereocenters. The van der Waals surface area contributed by atoms with Gasteiger partial charge in [0.15, 0.2) is 8.32 Å². The van der Waals surface area contributed by atoms with Gasteiger partial charge in [0.05, 0.1) is 8.80 Å². The van der Waals surface area contributed by atoms with Gasteiger partial charge in [0.1, 0.15) is 0 Å². The van der Waals surface area contributed by atoms with Crippen LogP contribution in [-0.2, 0) is 10.8 Å². The standard InChI is InChI=1S/C29H33OSi2/c1-31(2)29-26(17-18-30-32(3,4)5)23-13-8-9-14-24(23)28(29)25-16-10-15-22-21-12-7-6-11-20(21)19-27(22)25/h6-16,28H,17-19H2,1-5H3. The van der Waals surface area contributed by atoms with Crippen LogP contribution in [0.25, 0.3) is 16.7 Å². The largest absolute Gasteiger partial charge is 0.417 e. The summed E-state index contributed by atoms with van der Waals surface area (Å²) >= 11 is 0. The van der Waals surface area contributed by atoms with Crippen molar-refractivity contribution in [3.8, 4) is 11.1 Å². The van der Waals surface area contributed by atoms with Crippen molar-refractivity contribution in [3.63, 3.8) is 0 Å². The number of allylic oxidation sites excluding steroid dienone is 1. The summed E-state index contributed by atoms with van der Waals surface area (Å²) in [7, 11) is -2.15. The summed E-state index contributed by atoms with van der Waals surface area (Å²) in [6.07, 6.45) is 2.08. The zero-order chi connectivity index (χ0) is 22.5. The van der Waals surface area contributed by atoms with Gasteiger partial charge in [-0.15, -0.1) is 0 Å². The van der Waals surface area contributed by atoms with Crippen LogP contribution in [0.15, 0.2) is 71.9 Å². The topological polar surface area (TPSA) is 9.23 Å². The van der Waals surface area contributed by atoms with E-state index in [1.807, 2.05) is 0 Å². The summed E-state index contributed by atoms with van der Waals surface area (Å²) in [5.74, 6) is 0.390. The molecule has 1 radical (unpaired) electrons. The van der Waals surface area contributed by atoms with E-state index in [0.717, 1.165) is 19.4 Å². The van der Waals surface area contributed by atoms with E-state index in [9.17, 15) is 0 Å². The second kappa shape index (κ2) is 8.29. The number of benzene rings is 3. The molecule has 32 heavy (non-hydrogen) atoms. The molecule has 0 amide bonds. The smallest absolute Gasteiger partial charge is 0.183 e. The van der Waals surface area contributed by atoms with E-state index >= 15 is 0 Å². The molecule has 0 spiro atoms. The van der Waals surface area contributed by atoms with Crippen LogP contribution in [0.5, 0.6) is 0 Å². The van der Waals surface area contributed by atoms with Gasteiger partial charge in [0.25, 0.3) is 0 Å². The molecule has 0 saturated carbocycles. The first-order valence-electron chi connectivity index (χ1n) is 11.8. The van der Waals surface area contributed by atoms with Gasteiger partial charge < -0.3 is 4.43 Å². The highest BCUT2D eigenvalue weighted by Crippen LogP contribution is 2.51. The first kappa shape index (κ1) is 21.6. The summed E-state index contributed by atoms with van der Waals surface area (Å²) in [5, 5.41) is 1.69. The van der Waals surface area contributed by atoms with Crippen molar-refractivity contribution < 1.29 is 4.43 Å². The molecule has 1 nitrogen and oxygen atoms in total. The van der Waals surface area contributed by atoms with Crippen molar-refractivity contribution in [1.29, 1.82) is 0 Å². The lowest BCUT2D eigenvalue weighted by molar-refractivity contribution is 0.321. The average molecular weight is 454 g/mol. The molecule has 0 fully saturated rings. The fourth-order valence-electron chi connectivity index (χ4n) is 5.59. The van der Waals surface area contributed by atoms with E-state index in [2.05, 4.69) is 99.5 Å². The molecule has 0 aliphatic heterocycles. The molecule has 3 heteroatoms. The third-order valence-corrected chi connectivity index (χ3v) is 9.57. The van der Waals surface area contributed by atoms with Gasteiger partial charge in [-0.3, -0.25) is 0 Å². The maximum Gasteiger partial charge on any atom is 0.183 e. The lowest BCUT2D eigenvalue weighted by Gasteiger charge is -2.23. The highest BCUT2D eigenvalue weighted by molar-refractivity contribution is 6.69. The molecule has 1 atom stereocenters. The minimum Gasteiger partial charge on any atom is -0.417 e. The summed E-state index contributed by atoms with van der Waals surface area (Å²) in [5.41, 5.74) is 11.9. The highest BCUT2D eigenvalue weighted by Gasteiger charge is 2.36. The van der Waals surface area contributed by atoms with E-state index in [-0.39, 0.29) is 0 Å². The Labute approximate surface area is 195 Å². The Hall–Kier alpha value is -2.21. The van der Waals surface area contributed by atoms with Gasteiger partial charge >= 0.3 is 0 Å². The van der Waals surface area contributed by atoms with Crippen LogP contribution in [0.2, 0.25) is 32.7 Å². The van der Waals surface area contributed by atoms with E-state index in [4.69, 9.17) is 4.43 Å². The van der Waals surface area contributed by atoms with E-state index < -0.39 is 17.1 Å². The van der Waals surface area contributed by atoms with Crippen LogP contribution in [0.4, 0.5) is 0 Å².